The van der Waals surface area contributed by atoms with Crippen LogP contribution in [0.1, 0.15) is 53.2 Å². The Kier molecular flexibility index (Phi) is 4.71. The molecule has 35 heavy (non-hydrogen) atoms. The molecule has 2 aromatic carbocycles. The second-order valence-corrected chi connectivity index (χ2v) is 11.5. The number of anilines is 1. The number of fused-ring (bicyclic) bond motifs is 6. The molecule has 3 aliphatic rings. The summed E-state index contributed by atoms with van der Waals surface area (Å²) in [7, 11) is 0. The molecule has 1 fully saturated rings. The molecule has 3 aliphatic heterocycles. The fourth-order valence-electron chi connectivity index (χ4n) is 6.18. The van der Waals surface area contributed by atoms with Crippen LogP contribution in [0.25, 0.3) is 6.08 Å². The minimum absolute atomic E-state index is 0.0458. The van der Waals surface area contributed by atoms with Crippen LogP contribution in [-0.2, 0) is 15.0 Å². The van der Waals surface area contributed by atoms with Gasteiger partial charge in [-0.3, -0.25) is 14.4 Å². The van der Waals surface area contributed by atoms with Crippen molar-refractivity contribution in [3.63, 3.8) is 0 Å². The zero-order chi connectivity index (χ0) is 24.5. The monoisotopic (exact) mass is 482 g/mol. The van der Waals surface area contributed by atoms with Crippen molar-refractivity contribution in [1.29, 1.82) is 0 Å². The fourth-order valence-corrected chi connectivity index (χ4v) is 6.89. The number of para-hydroxylation sites is 1. The van der Waals surface area contributed by atoms with Gasteiger partial charge in [0.2, 0.25) is 5.91 Å². The quantitative estimate of drug-likeness (QED) is 0.503. The van der Waals surface area contributed by atoms with Gasteiger partial charge >= 0.3 is 0 Å². The summed E-state index contributed by atoms with van der Waals surface area (Å²) in [6.45, 7) is 5.64. The van der Waals surface area contributed by atoms with Gasteiger partial charge in [0.05, 0.1) is 22.9 Å². The number of benzene rings is 2. The first-order valence-electron chi connectivity index (χ1n) is 11.8. The van der Waals surface area contributed by atoms with Crippen LogP contribution in [0.15, 0.2) is 72.2 Å². The van der Waals surface area contributed by atoms with Crippen molar-refractivity contribution in [2.45, 2.75) is 38.3 Å². The highest BCUT2D eigenvalue weighted by Gasteiger charge is 2.71. The Hall–Kier alpha value is -3.51. The van der Waals surface area contributed by atoms with E-state index in [0.29, 0.717) is 10.6 Å². The Morgan fingerprint density at radius 3 is 2.49 bits per heavy atom. The average molecular weight is 483 g/mol. The third-order valence-electron chi connectivity index (χ3n) is 7.62. The van der Waals surface area contributed by atoms with Crippen LogP contribution < -0.4 is 5.32 Å². The van der Waals surface area contributed by atoms with Gasteiger partial charge in [-0.15, -0.1) is 11.3 Å². The number of Topliss-reactive ketones (excluding diaryl/α,β-unsaturated/α-hetero) is 2. The molecular weight excluding hydrogens is 456 g/mol. The number of amides is 1. The van der Waals surface area contributed by atoms with E-state index in [2.05, 4.69) is 5.32 Å². The van der Waals surface area contributed by atoms with Gasteiger partial charge in [0, 0.05) is 17.3 Å². The zero-order valence-electron chi connectivity index (χ0n) is 19.8. The van der Waals surface area contributed by atoms with Gasteiger partial charge in [0.15, 0.2) is 11.6 Å². The van der Waals surface area contributed by atoms with Crippen molar-refractivity contribution in [2.75, 3.05) is 5.32 Å². The van der Waals surface area contributed by atoms with Crippen LogP contribution in [0.4, 0.5) is 5.69 Å². The van der Waals surface area contributed by atoms with Gasteiger partial charge in [-0.25, -0.2) is 0 Å². The predicted octanol–water partition coefficient (Wildman–Crippen LogP) is 5.46. The fraction of sp³-hybridized carbons (Fsp3) is 0.276. The highest BCUT2D eigenvalue weighted by atomic mass is 32.1. The Labute approximate surface area is 208 Å². The molecule has 176 valence electrons. The molecule has 0 aliphatic carbocycles. The van der Waals surface area contributed by atoms with E-state index in [4.69, 9.17) is 0 Å². The Balaban J connectivity index is 1.70. The number of hydrogen-bond donors (Lipinski definition) is 1. The zero-order valence-corrected chi connectivity index (χ0v) is 20.6. The average Bonchev–Trinajstić information content (AvgIpc) is 3.55. The maximum atomic E-state index is 14.3. The minimum atomic E-state index is -1.25. The van der Waals surface area contributed by atoms with Crippen molar-refractivity contribution in [3.05, 3.63) is 93.8 Å². The van der Waals surface area contributed by atoms with Crippen LogP contribution in [0, 0.1) is 11.3 Å². The summed E-state index contributed by atoms with van der Waals surface area (Å²) in [5.74, 6) is -1.31. The topological polar surface area (TPSA) is 66.5 Å². The standard InChI is InChI=1S/C29H26N2O3S/c1-28(2,3)26(33)23-22(24(32)21-13-8-16-35-21)29(19-11-6-7-12-20(19)30-27(29)34)25-18-10-5-4-9-17(18)14-15-31(23)25/h4-16,22-23,25H,1-3H3,(H,30,34)/t22-,23+,25+,29-/m0/s1. The van der Waals surface area contributed by atoms with E-state index in [1.807, 2.05) is 97.9 Å². The van der Waals surface area contributed by atoms with E-state index >= 15 is 0 Å². The number of nitrogens with zero attached hydrogens (tertiary/aromatic N) is 1. The molecule has 6 heteroatoms. The van der Waals surface area contributed by atoms with Crippen molar-refractivity contribution in [3.8, 4) is 0 Å². The summed E-state index contributed by atoms with van der Waals surface area (Å²) in [4.78, 5) is 45.2. The van der Waals surface area contributed by atoms with Gasteiger partial charge in [0.1, 0.15) is 5.41 Å². The molecule has 5 nitrogen and oxygen atoms in total. The Morgan fingerprint density at radius 2 is 1.74 bits per heavy atom. The maximum absolute atomic E-state index is 14.3. The maximum Gasteiger partial charge on any atom is 0.238 e. The second-order valence-electron chi connectivity index (χ2n) is 10.5. The normalized spacial score (nSPS) is 26.3. The summed E-state index contributed by atoms with van der Waals surface area (Å²) in [6.07, 6.45) is 3.90. The largest absolute Gasteiger partial charge is 0.358 e. The number of hydrogen-bond acceptors (Lipinski definition) is 5. The van der Waals surface area contributed by atoms with Crippen LogP contribution in [0.2, 0.25) is 0 Å². The summed E-state index contributed by atoms with van der Waals surface area (Å²) in [5.41, 5.74) is 1.49. The minimum Gasteiger partial charge on any atom is -0.358 e. The molecule has 0 bridgehead atoms. The van der Waals surface area contributed by atoms with Crippen molar-refractivity contribution >= 4 is 40.6 Å². The van der Waals surface area contributed by atoms with E-state index in [1.54, 1.807) is 6.07 Å². The van der Waals surface area contributed by atoms with Gasteiger partial charge in [-0.05, 0) is 40.3 Å². The van der Waals surface area contributed by atoms with Gasteiger partial charge in [-0.2, -0.15) is 0 Å². The smallest absolute Gasteiger partial charge is 0.238 e. The molecular formula is C29H26N2O3S. The lowest BCUT2D eigenvalue weighted by atomic mass is 9.62. The number of ketones is 2. The van der Waals surface area contributed by atoms with Crippen molar-refractivity contribution in [2.24, 2.45) is 11.3 Å². The molecule has 0 radical (unpaired) electrons. The summed E-state index contributed by atoms with van der Waals surface area (Å²) in [5, 5.41) is 4.93. The molecule has 0 saturated carbocycles. The predicted molar refractivity (Wildman–Crippen MR) is 137 cm³/mol. The molecule has 6 rings (SSSR count). The number of rotatable bonds is 3. The molecule has 1 spiro atoms. The lowest BCUT2D eigenvalue weighted by molar-refractivity contribution is -0.131. The van der Waals surface area contributed by atoms with E-state index in [-0.39, 0.29) is 17.5 Å². The van der Waals surface area contributed by atoms with Crippen molar-refractivity contribution < 1.29 is 14.4 Å². The van der Waals surface area contributed by atoms with E-state index in [0.717, 1.165) is 16.7 Å². The van der Waals surface area contributed by atoms with E-state index < -0.39 is 28.8 Å². The Bertz CT molecular complexity index is 1400. The lowest BCUT2D eigenvalue weighted by Crippen LogP contribution is -2.50. The molecule has 4 heterocycles. The summed E-state index contributed by atoms with van der Waals surface area (Å²) in [6, 6.07) is 17.9. The van der Waals surface area contributed by atoms with Gasteiger partial charge in [0.25, 0.3) is 0 Å². The summed E-state index contributed by atoms with van der Waals surface area (Å²) < 4.78 is 0. The number of carbonyl (C=O) groups excluding carboxylic acids is 3. The molecule has 3 aromatic rings. The van der Waals surface area contributed by atoms with Crippen LogP contribution >= 0.6 is 11.3 Å². The first-order chi connectivity index (χ1) is 16.8. The number of carbonyl (C=O) groups is 3. The molecule has 0 unspecified atom stereocenters. The molecule has 4 atom stereocenters. The lowest BCUT2D eigenvalue weighted by Gasteiger charge is -2.38. The third-order valence-corrected chi connectivity index (χ3v) is 8.51. The number of nitrogens with one attached hydrogen (secondary N) is 1. The highest BCUT2D eigenvalue weighted by molar-refractivity contribution is 7.12. The van der Waals surface area contributed by atoms with E-state index in [1.165, 1.54) is 11.3 Å². The summed E-state index contributed by atoms with van der Waals surface area (Å²) >= 11 is 1.35. The van der Waals surface area contributed by atoms with Gasteiger partial charge < -0.3 is 10.2 Å². The SMILES string of the molecule is CC(C)(C)C(=O)[C@H]1[C@@H](C(=O)c2cccs2)[C@]2(C(=O)Nc3ccccc32)[C@H]2c3ccccc3C=CN12. The third kappa shape index (κ3) is 2.89. The molecule has 1 saturated heterocycles. The number of thiophene rings is 1. The molecule has 1 N–H and O–H groups in total. The second kappa shape index (κ2) is 7.49. The van der Waals surface area contributed by atoms with Crippen LogP contribution in [0.5, 0.6) is 0 Å². The van der Waals surface area contributed by atoms with Crippen LogP contribution in [0.3, 0.4) is 0 Å². The molecule has 1 aromatic heterocycles. The highest BCUT2D eigenvalue weighted by Crippen LogP contribution is 2.62. The first-order valence-corrected chi connectivity index (χ1v) is 12.7. The van der Waals surface area contributed by atoms with E-state index in [9.17, 15) is 14.4 Å². The molecule has 1 amide bonds. The van der Waals surface area contributed by atoms with Crippen molar-refractivity contribution in [1.82, 2.24) is 4.90 Å². The van der Waals surface area contributed by atoms with Gasteiger partial charge in [-0.1, -0.05) is 69.3 Å². The van der Waals surface area contributed by atoms with Crippen LogP contribution in [-0.4, -0.2) is 28.4 Å². The Morgan fingerprint density at radius 1 is 1.00 bits per heavy atom. The first kappa shape index (κ1) is 22.0.